The molecule has 4 heterocycles. The quantitative estimate of drug-likeness (QED) is 0.447. The van der Waals surface area contributed by atoms with Gasteiger partial charge in [-0.25, -0.2) is 0 Å². The molecule has 0 atom stereocenters. The van der Waals surface area contributed by atoms with Gasteiger partial charge in [-0.05, 0) is 36.6 Å². The van der Waals surface area contributed by atoms with Crippen LogP contribution in [0.4, 0.5) is 0 Å². The fraction of sp³-hybridized carbons (Fsp3) is 0.240. The van der Waals surface area contributed by atoms with Crippen LogP contribution in [-0.2, 0) is 19.5 Å². The van der Waals surface area contributed by atoms with Gasteiger partial charge in [-0.1, -0.05) is 36.8 Å². The van der Waals surface area contributed by atoms with Gasteiger partial charge in [0, 0.05) is 42.7 Å². The number of hydrogen-bond acceptors (Lipinski definition) is 5. The summed E-state index contributed by atoms with van der Waals surface area (Å²) < 4.78 is 4.00. The zero-order chi connectivity index (χ0) is 21.8. The maximum atomic E-state index is 10.00. The average Bonchev–Trinajstić information content (AvgIpc) is 3.34. The Kier molecular flexibility index (Phi) is 5.58. The highest BCUT2D eigenvalue weighted by molar-refractivity contribution is 5.90. The van der Waals surface area contributed by atoms with Gasteiger partial charge in [-0.3, -0.25) is 9.67 Å². The SMILES string of the molecule is N#C/C(=C/c1cn(Cc2ccccc2)nc1-c1cccnc1)c1nnc2n1CCCCC2. The Hall–Kier alpha value is -4.05. The van der Waals surface area contributed by atoms with Gasteiger partial charge in [0.1, 0.15) is 17.6 Å². The number of allylic oxidation sites excluding steroid dienone is 1. The van der Waals surface area contributed by atoms with Gasteiger partial charge in [-0.15, -0.1) is 10.2 Å². The lowest BCUT2D eigenvalue weighted by molar-refractivity contribution is 0.627. The first kappa shape index (κ1) is 19.9. The molecule has 0 fully saturated rings. The monoisotopic (exact) mass is 421 g/mol. The van der Waals surface area contributed by atoms with Gasteiger partial charge in [0.25, 0.3) is 0 Å². The molecule has 0 aliphatic carbocycles. The number of benzene rings is 1. The van der Waals surface area contributed by atoms with E-state index in [9.17, 15) is 5.26 Å². The normalized spacial score (nSPS) is 13.9. The van der Waals surface area contributed by atoms with Crippen LogP contribution in [0.15, 0.2) is 61.1 Å². The first-order valence-corrected chi connectivity index (χ1v) is 10.9. The van der Waals surface area contributed by atoms with E-state index in [2.05, 4.69) is 38.0 Å². The number of hydrogen-bond donors (Lipinski definition) is 0. The molecule has 0 saturated carbocycles. The van der Waals surface area contributed by atoms with Crippen LogP contribution in [0.5, 0.6) is 0 Å². The summed E-state index contributed by atoms with van der Waals surface area (Å²) in [6.07, 6.45) is 11.7. The molecule has 0 unspecified atom stereocenters. The summed E-state index contributed by atoms with van der Waals surface area (Å²) in [6, 6.07) is 16.4. The standard InChI is InChI=1S/C25H23N7/c26-15-21(25-29-28-23-11-5-2-6-13-32(23)25)14-22-18-31(17-19-8-3-1-4-9-19)30-24(22)20-10-7-12-27-16-20/h1,3-4,7-10,12,14,16,18H,2,5-6,11,13,17H2/b21-14-. The summed E-state index contributed by atoms with van der Waals surface area (Å²) in [5.41, 5.74) is 4.21. The van der Waals surface area contributed by atoms with Crippen molar-refractivity contribution in [3.63, 3.8) is 0 Å². The van der Waals surface area contributed by atoms with Gasteiger partial charge >= 0.3 is 0 Å². The molecular weight excluding hydrogens is 398 g/mol. The lowest BCUT2D eigenvalue weighted by Gasteiger charge is -2.06. The molecule has 3 aromatic heterocycles. The fourth-order valence-corrected chi connectivity index (χ4v) is 4.11. The highest BCUT2D eigenvalue weighted by atomic mass is 15.3. The third kappa shape index (κ3) is 4.08. The van der Waals surface area contributed by atoms with Crippen LogP contribution in [0.25, 0.3) is 22.9 Å². The van der Waals surface area contributed by atoms with Gasteiger partial charge in [0.05, 0.1) is 12.1 Å². The molecule has 1 aliphatic rings. The molecule has 0 spiro atoms. The van der Waals surface area contributed by atoms with Crippen molar-refractivity contribution in [1.29, 1.82) is 5.26 Å². The van der Waals surface area contributed by atoms with Crippen LogP contribution in [0.2, 0.25) is 0 Å². The lowest BCUT2D eigenvalue weighted by Crippen LogP contribution is -2.05. The maximum absolute atomic E-state index is 10.00. The number of rotatable bonds is 5. The fourth-order valence-electron chi connectivity index (χ4n) is 4.11. The van der Waals surface area contributed by atoms with Crippen molar-refractivity contribution in [1.82, 2.24) is 29.5 Å². The summed E-state index contributed by atoms with van der Waals surface area (Å²) in [5, 5.41) is 23.5. The largest absolute Gasteiger partial charge is 0.310 e. The van der Waals surface area contributed by atoms with Crippen molar-refractivity contribution in [3.05, 3.63) is 83.8 Å². The minimum atomic E-state index is 0.495. The molecule has 32 heavy (non-hydrogen) atoms. The first-order valence-electron chi connectivity index (χ1n) is 10.9. The highest BCUT2D eigenvalue weighted by Gasteiger charge is 2.19. The number of aromatic nitrogens is 6. The molecule has 1 aromatic carbocycles. The molecule has 7 heteroatoms. The van der Waals surface area contributed by atoms with E-state index in [1.165, 1.54) is 6.42 Å². The molecule has 0 saturated heterocycles. The minimum absolute atomic E-state index is 0.495. The number of fused-ring (bicyclic) bond motifs is 1. The van der Waals surface area contributed by atoms with E-state index in [0.29, 0.717) is 17.9 Å². The number of aryl methyl sites for hydroxylation is 1. The van der Waals surface area contributed by atoms with Crippen molar-refractivity contribution in [2.24, 2.45) is 0 Å². The van der Waals surface area contributed by atoms with Crippen LogP contribution >= 0.6 is 0 Å². The van der Waals surface area contributed by atoms with Gasteiger partial charge in [-0.2, -0.15) is 10.4 Å². The second kappa shape index (κ2) is 8.98. The van der Waals surface area contributed by atoms with Crippen LogP contribution in [0.1, 0.15) is 42.0 Å². The molecule has 158 valence electrons. The Morgan fingerprint density at radius 1 is 1.06 bits per heavy atom. The van der Waals surface area contributed by atoms with Crippen molar-refractivity contribution in [3.8, 4) is 17.3 Å². The van der Waals surface area contributed by atoms with E-state index in [1.807, 2.05) is 47.3 Å². The number of nitrogens with zero attached hydrogens (tertiary/aromatic N) is 7. The smallest absolute Gasteiger partial charge is 0.174 e. The molecule has 5 rings (SSSR count). The van der Waals surface area contributed by atoms with E-state index in [1.54, 1.807) is 12.4 Å². The number of pyridine rings is 1. The van der Waals surface area contributed by atoms with Crippen molar-refractivity contribution < 1.29 is 0 Å². The topological polar surface area (TPSA) is 85.2 Å². The van der Waals surface area contributed by atoms with E-state index in [-0.39, 0.29) is 0 Å². The van der Waals surface area contributed by atoms with Crippen molar-refractivity contribution in [2.75, 3.05) is 0 Å². The molecule has 1 aliphatic heterocycles. The third-order valence-electron chi connectivity index (χ3n) is 5.68. The van der Waals surface area contributed by atoms with Gasteiger partial charge < -0.3 is 4.57 Å². The van der Waals surface area contributed by atoms with Crippen LogP contribution in [-0.4, -0.2) is 29.5 Å². The Morgan fingerprint density at radius 3 is 2.78 bits per heavy atom. The van der Waals surface area contributed by atoms with E-state index >= 15 is 0 Å². The molecule has 0 radical (unpaired) electrons. The van der Waals surface area contributed by atoms with Gasteiger partial charge in [0.2, 0.25) is 0 Å². The molecule has 0 N–H and O–H groups in total. The zero-order valence-corrected chi connectivity index (χ0v) is 17.7. The second-order valence-electron chi connectivity index (χ2n) is 7.93. The Balaban J connectivity index is 1.57. The Morgan fingerprint density at radius 2 is 1.97 bits per heavy atom. The molecule has 0 amide bonds. The summed E-state index contributed by atoms with van der Waals surface area (Å²) in [4.78, 5) is 4.25. The van der Waals surface area contributed by atoms with E-state index in [0.717, 1.165) is 54.0 Å². The summed E-state index contributed by atoms with van der Waals surface area (Å²) in [6.45, 7) is 1.49. The van der Waals surface area contributed by atoms with E-state index in [4.69, 9.17) is 5.10 Å². The van der Waals surface area contributed by atoms with Crippen LogP contribution in [0, 0.1) is 11.3 Å². The molecular formula is C25H23N7. The maximum Gasteiger partial charge on any atom is 0.174 e. The second-order valence-corrected chi connectivity index (χ2v) is 7.93. The number of nitriles is 1. The predicted molar refractivity (Wildman–Crippen MR) is 122 cm³/mol. The zero-order valence-electron chi connectivity index (χ0n) is 17.7. The minimum Gasteiger partial charge on any atom is -0.310 e. The summed E-state index contributed by atoms with van der Waals surface area (Å²) in [7, 11) is 0. The highest BCUT2D eigenvalue weighted by Crippen LogP contribution is 2.27. The first-order chi connectivity index (χ1) is 15.8. The van der Waals surface area contributed by atoms with E-state index < -0.39 is 0 Å². The molecule has 0 bridgehead atoms. The Bertz CT molecular complexity index is 1280. The lowest BCUT2D eigenvalue weighted by atomic mass is 10.1. The predicted octanol–water partition coefficient (Wildman–Crippen LogP) is 4.38. The molecule has 4 aromatic rings. The van der Waals surface area contributed by atoms with Crippen molar-refractivity contribution in [2.45, 2.75) is 38.8 Å². The molecule has 7 nitrogen and oxygen atoms in total. The Labute approximate surface area is 186 Å². The van der Waals surface area contributed by atoms with Crippen LogP contribution < -0.4 is 0 Å². The average molecular weight is 422 g/mol. The summed E-state index contributed by atoms with van der Waals surface area (Å²) >= 11 is 0. The summed E-state index contributed by atoms with van der Waals surface area (Å²) in [5.74, 6) is 1.60. The third-order valence-corrected chi connectivity index (χ3v) is 5.68. The van der Waals surface area contributed by atoms with Crippen molar-refractivity contribution >= 4 is 11.6 Å². The van der Waals surface area contributed by atoms with Gasteiger partial charge in [0.15, 0.2) is 5.82 Å². The van der Waals surface area contributed by atoms with Crippen LogP contribution in [0.3, 0.4) is 0 Å².